The topological polar surface area (TPSA) is 13.0 Å². The lowest BCUT2D eigenvalue weighted by Crippen LogP contribution is -2.46. The zero-order valence-corrected chi connectivity index (χ0v) is 21.1. The van der Waals surface area contributed by atoms with Gasteiger partial charge < -0.3 is 9.80 Å². The fourth-order valence-electron chi connectivity index (χ4n) is 4.97. The van der Waals surface area contributed by atoms with Gasteiger partial charge in [-0.15, -0.1) is 0 Å². The van der Waals surface area contributed by atoms with Gasteiger partial charge in [0, 0.05) is 86.9 Å². The van der Waals surface area contributed by atoms with Crippen LogP contribution >= 0.6 is 23.2 Å². The van der Waals surface area contributed by atoms with Crippen molar-refractivity contribution in [2.75, 3.05) is 62.2 Å². The molecule has 2 saturated heterocycles. The van der Waals surface area contributed by atoms with Gasteiger partial charge in [0.1, 0.15) is 0 Å². The monoisotopic (exact) mass is 494 g/mol. The summed E-state index contributed by atoms with van der Waals surface area (Å²) in [6.07, 6.45) is 0. The van der Waals surface area contributed by atoms with Crippen LogP contribution in [0, 0.1) is 0 Å². The molecule has 0 radical (unpaired) electrons. The molecular weight excluding hydrogens is 463 g/mol. The van der Waals surface area contributed by atoms with Crippen LogP contribution in [-0.2, 0) is 13.1 Å². The van der Waals surface area contributed by atoms with Gasteiger partial charge in [-0.25, -0.2) is 0 Å². The van der Waals surface area contributed by atoms with Gasteiger partial charge >= 0.3 is 0 Å². The maximum absolute atomic E-state index is 6.04. The van der Waals surface area contributed by atoms with Gasteiger partial charge in [0.15, 0.2) is 0 Å². The van der Waals surface area contributed by atoms with E-state index in [9.17, 15) is 0 Å². The van der Waals surface area contributed by atoms with E-state index in [4.69, 9.17) is 23.2 Å². The Kier molecular flexibility index (Phi) is 7.60. The van der Waals surface area contributed by atoms with E-state index in [2.05, 4.69) is 68.1 Å². The van der Waals surface area contributed by atoms with Crippen LogP contribution in [0.2, 0.25) is 10.0 Å². The first-order valence-corrected chi connectivity index (χ1v) is 12.9. The average molecular weight is 495 g/mol. The fraction of sp³-hybridized carbons (Fsp3) is 0.357. The quantitative estimate of drug-likeness (QED) is 0.439. The van der Waals surface area contributed by atoms with Crippen LogP contribution in [0.3, 0.4) is 0 Å². The Morgan fingerprint density at radius 3 is 1.26 bits per heavy atom. The molecule has 34 heavy (non-hydrogen) atoms. The van der Waals surface area contributed by atoms with E-state index in [1.54, 1.807) is 0 Å². The van der Waals surface area contributed by atoms with Gasteiger partial charge in [-0.1, -0.05) is 47.5 Å². The van der Waals surface area contributed by atoms with E-state index in [1.165, 1.54) is 22.5 Å². The maximum atomic E-state index is 6.04. The van der Waals surface area contributed by atoms with Gasteiger partial charge in [0.2, 0.25) is 0 Å². The second kappa shape index (κ2) is 11.0. The van der Waals surface area contributed by atoms with Crippen molar-refractivity contribution < 1.29 is 0 Å². The van der Waals surface area contributed by atoms with Crippen LogP contribution < -0.4 is 9.80 Å². The molecule has 0 bridgehead atoms. The number of rotatable bonds is 6. The van der Waals surface area contributed by atoms with Crippen molar-refractivity contribution in [1.82, 2.24) is 9.80 Å². The molecule has 2 fully saturated rings. The summed E-state index contributed by atoms with van der Waals surface area (Å²) in [4.78, 5) is 10.0. The Morgan fingerprint density at radius 1 is 0.500 bits per heavy atom. The zero-order valence-electron chi connectivity index (χ0n) is 19.5. The van der Waals surface area contributed by atoms with Crippen LogP contribution in [0.25, 0.3) is 0 Å². The number of nitrogens with zero attached hydrogens (tertiary/aromatic N) is 4. The third-order valence-electron chi connectivity index (χ3n) is 6.93. The highest BCUT2D eigenvalue weighted by molar-refractivity contribution is 6.30. The summed E-state index contributed by atoms with van der Waals surface area (Å²) in [5.74, 6) is 0. The van der Waals surface area contributed by atoms with Crippen molar-refractivity contribution in [1.29, 1.82) is 0 Å². The fourth-order valence-corrected chi connectivity index (χ4v) is 5.23. The molecule has 0 N–H and O–H groups in total. The number of piperazine rings is 2. The third kappa shape index (κ3) is 6.05. The molecular formula is C28H32Cl2N4. The van der Waals surface area contributed by atoms with E-state index in [1.807, 2.05) is 24.3 Å². The van der Waals surface area contributed by atoms with Gasteiger partial charge in [-0.3, -0.25) is 9.80 Å². The van der Waals surface area contributed by atoms with Crippen LogP contribution in [0.1, 0.15) is 11.1 Å². The summed E-state index contributed by atoms with van der Waals surface area (Å²) < 4.78 is 0. The molecule has 0 unspecified atom stereocenters. The van der Waals surface area contributed by atoms with Gasteiger partial charge in [-0.05, 0) is 59.7 Å². The van der Waals surface area contributed by atoms with Gasteiger partial charge in [0.05, 0.1) is 0 Å². The maximum Gasteiger partial charge on any atom is 0.0407 e. The molecule has 5 rings (SSSR count). The minimum Gasteiger partial charge on any atom is -0.369 e. The van der Waals surface area contributed by atoms with Crippen LogP contribution in [0.5, 0.6) is 0 Å². The predicted octanol–water partition coefficient (Wildman–Crippen LogP) is 5.64. The van der Waals surface area contributed by atoms with Gasteiger partial charge in [-0.2, -0.15) is 0 Å². The highest BCUT2D eigenvalue weighted by Crippen LogP contribution is 2.22. The lowest BCUT2D eigenvalue weighted by Gasteiger charge is -2.36. The zero-order chi connectivity index (χ0) is 23.3. The molecule has 2 aliphatic rings. The van der Waals surface area contributed by atoms with Crippen LogP contribution in [0.15, 0.2) is 72.8 Å². The molecule has 4 nitrogen and oxygen atoms in total. The van der Waals surface area contributed by atoms with Crippen molar-refractivity contribution in [3.63, 3.8) is 0 Å². The highest BCUT2D eigenvalue weighted by Gasteiger charge is 2.19. The number of halogens is 2. The summed E-state index contributed by atoms with van der Waals surface area (Å²) in [7, 11) is 0. The molecule has 0 spiro atoms. The van der Waals surface area contributed by atoms with E-state index >= 15 is 0 Å². The first-order valence-electron chi connectivity index (χ1n) is 12.2. The second-order valence-corrected chi connectivity index (χ2v) is 10.2. The number of anilines is 2. The first kappa shape index (κ1) is 23.5. The number of hydrogen-bond acceptors (Lipinski definition) is 4. The lowest BCUT2D eigenvalue weighted by atomic mass is 10.1. The largest absolute Gasteiger partial charge is 0.369 e. The predicted molar refractivity (Wildman–Crippen MR) is 144 cm³/mol. The Labute approximate surface area is 213 Å². The van der Waals surface area contributed by atoms with Crippen molar-refractivity contribution in [2.45, 2.75) is 13.1 Å². The van der Waals surface area contributed by atoms with Crippen molar-refractivity contribution in [3.8, 4) is 0 Å². The Bertz CT molecular complexity index is 972. The molecule has 0 saturated carbocycles. The van der Waals surface area contributed by atoms with E-state index in [0.717, 1.165) is 75.5 Å². The molecule has 3 aromatic rings. The minimum atomic E-state index is 0.797. The minimum absolute atomic E-state index is 0.797. The summed E-state index contributed by atoms with van der Waals surface area (Å²) >= 11 is 12.1. The number of benzene rings is 3. The highest BCUT2D eigenvalue weighted by atomic mass is 35.5. The van der Waals surface area contributed by atoms with Crippen LogP contribution in [-0.4, -0.2) is 62.2 Å². The Hall–Kier alpha value is -2.24. The summed E-state index contributed by atoms with van der Waals surface area (Å²) in [5.41, 5.74) is 5.36. The SMILES string of the molecule is Clc1ccc(N2CCN(Cc3cccc(CN4CCN(c5ccc(Cl)cc5)CC4)c3)CC2)cc1. The molecule has 0 aromatic heterocycles. The van der Waals surface area contributed by atoms with E-state index < -0.39 is 0 Å². The molecule has 6 heteroatoms. The Balaban J connectivity index is 1.10. The van der Waals surface area contributed by atoms with Crippen molar-refractivity contribution >= 4 is 34.6 Å². The smallest absolute Gasteiger partial charge is 0.0407 e. The van der Waals surface area contributed by atoms with Crippen LogP contribution in [0.4, 0.5) is 11.4 Å². The van der Waals surface area contributed by atoms with E-state index in [-0.39, 0.29) is 0 Å². The standard InChI is InChI=1S/C28H32Cl2N4/c29-25-4-8-27(9-5-25)33-16-12-31(13-17-33)21-23-2-1-3-24(20-23)22-32-14-18-34(19-15-32)28-10-6-26(30)7-11-28/h1-11,20H,12-19,21-22H2. The molecule has 3 aromatic carbocycles. The summed E-state index contributed by atoms with van der Waals surface area (Å²) in [6, 6.07) is 25.6. The molecule has 0 amide bonds. The molecule has 2 heterocycles. The van der Waals surface area contributed by atoms with Gasteiger partial charge in [0.25, 0.3) is 0 Å². The van der Waals surface area contributed by atoms with Crippen molar-refractivity contribution in [3.05, 3.63) is 94.0 Å². The molecule has 2 aliphatic heterocycles. The average Bonchev–Trinajstić information content (AvgIpc) is 2.86. The normalized spacial score (nSPS) is 17.8. The molecule has 0 atom stereocenters. The Morgan fingerprint density at radius 2 is 0.882 bits per heavy atom. The third-order valence-corrected chi connectivity index (χ3v) is 7.44. The summed E-state index contributed by atoms with van der Waals surface area (Å²) in [5, 5.41) is 1.59. The van der Waals surface area contributed by atoms with E-state index in [0.29, 0.717) is 0 Å². The molecule has 0 aliphatic carbocycles. The summed E-state index contributed by atoms with van der Waals surface area (Å²) in [6.45, 7) is 10.6. The number of hydrogen-bond donors (Lipinski definition) is 0. The second-order valence-electron chi connectivity index (χ2n) is 9.30. The van der Waals surface area contributed by atoms with Crippen molar-refractivity contribution in [2.24, 2.45) is 0 Å². The lowest BCUT2D eigenvalue weighted by molar-refractivity contribution is 0.246. The molecule has 178 valence electrons. The first-order chi connectivity index (χ1) is 16.6.